The van der Waals surface area contributed by atoms with Crippen molar-refractivity contribution in [2.45, 2.75) is 57.5 Å². The summed E-state index contributed by atoms with van der Waals surface area (Å²) in [5.74, 6) is 0.307. The van der Waals surface area contributed by atoms with Gasteiger partial charge in [-0.15, -0.1) is 0 Å². The van der Waals surface area contributed by atoms with Crippen molar-refractivity contribution in [2.75, 3.05) is 26.3 Å². The molecule has 1 amide bonds. The maximum absolute atomic E-state index is 12.3. The molecule has 1 saturated heterocycles. The summed E-state index contributed by atoms with van der Waals surface area (Å²) in [6.45, 7) is 4.41. The second-order valence-electron chi connectivity index (χ2n) is 5.70. The summed E-state index contributed by atoms with van der Waals surface area (Å²) in [5.41, 5.74) is 0. The highest BCUT2D eigenvalue weighted by Crippen LogP contribution is 2.22. The normalized spacial score (nSPS) is 28.9. The Morgan fingerprint density at radius 3 is 3.05 bits per heavy atom. The molecule has 0 aromatic rings. The van der Waals surface area contributed by atoms with Crippen LogP contribution in [-0.4, -0.2) is 55.0 Å². The van der Waals surface area contributed by atoms with Crippen LogP contribution >= 0.6 is 0 Å². The Bertz CT molecular complexity index is 346. The number of morpholine rings is 1. The second kappa shape index (κ2) is 7.74. The molecule has 1 aliphatic heterocycles. The zero-order valence-electron chi connectivity index (χ0n) is 12.4. The minimum absolute atomic E-state index is 0.00333. The first-order chi connectivity index (χ1) is 9.74. The van der Waals surface area contributed by atoms with Crippen LogP contribution in [0.2, 0.25) is 0 Å². The largest absolute Gasteiger partial charge is 0.378 e. The summed E-state index contributed by atoms with van der Waals surface area (Å²) in [4.78, 5) is 26.6. The second-order valence-corrected chi connectivity index (χ2v) is 5.70. The Kier molecular flexibility index (Phi) is 5.98. The predicted octanol–water partition coefficient (Wildman–Crippen LogP) is 1.12. The van der Waals surface area contributed by atoms with E-state index in [1.165, 1.54) is 0 Å². The summed E-state index contributed by atoms with van der Waals surface area (Å²) in [5, 5.41) is 2.93. The van der Waals surface area contributed by atoms with Crippen LogP contribution in [0.5, 0.6) is 0 Å². The average Bonchev–Trinajstić information content (AvgIpc) is 2.69. The van der Waals surface area contributed by atoms with Gasteiger partial charge in [-0.3, -0.25) is 14.5 Å². The fourth-order valence-electron chi connectivity index (χ4n) is 3.07. The third-order valence-corrected chi connectivity index (χ3v) is 4.19. The summed E-state index contributed by atoms with van der Waals surface area (Å²) < 4.78 is 5.46. The number of nitrogens with zero attached hydrogens (tertiary/aromatic N) is 1. The van der Waals surface area contributed by atoms with Gasteiger partial charge in [0.25, 0.3) is 0 Å². The van der Waals surface area contributed by atoms with Gasteiger partial charge in [0.1, 0.15) is 11.8 Å². The summed E-state index contributed by atoms with van der Waals surface area (Å²) in [6.07, 6.45) is 5.66. The van der Waals surface area contributed by atoms with Gasteiger partial charge in [0.2, 0.25) is 5.91 Å². The quantitative estimate of drug-likeness (QED) is 0.785. The van der Waals surface area contributed by atoms with Gasteiger partial charge in [-0.25, -0.2) is 0 Å². The van der Waals surface area contributed by atoms with E-state index in [1.807, 2.05) is 6.92 Å². The number of hydrogen-bond donors (Lipinski definition) is 1. The highest BCUT2D eigenvalue weighted by atomic mass is 16.5. The van der Waals surface area contributed by atoms with Crippen LogP contribution in [0.1, 0.15) is 45.4 Å². The molecule has 2 aliphatic rings. The molecule has 1 N–H and O–H groups in total. The fraction of sp³-hybridized carbons (Fsp3) is 0.867. The number of hydrogen-bond acceptors (Lipinski definition) is 4. The van der Waals surface area contributed by atoms with E-state index < -0.39 is 0 Å². The zero-order valence-corrected chi connectivity index (χ0v) is 12.4. The first-order valence-corrected chi connectivity index (χ1v) is 7.88. The monoisotopic (exact) mass is 282 g/mol. The number of Topliss-reactive ketones (excluding diaryl/α,β-unsaturated/α-hetero) is 1. The molecule has 2 fully saturated rings. The Labute approximate surface area is 121 Å². The number of rotatable bonds is 4. The van der Waals surface area contributed by atoms with Crippen LogP contribution in [0.25, 0.3) is 0 Å². The van der Waals surface area contributed by atoms with E-state index in [4.69, 9.17) is 4.74 Å². The van der Waals surface area contributed by atoms with E-state index in [2.05, 4.69) is 10.2 Å². The van der Waals surface area contributed by atoms with Crippen molar-refractivity contribution in [3.05, 3.63) is 0 Å². The number of ether oxygens (including phenoxy) is 1. The van der Waals surface area contributed by atoms with E-state index in [9.17, 15) is 9.59 Å². The van der Waals surface area contributed by atoms with E-state index in [0.29, 0.717) is 38.5 Å². The van der Waals surface area contributed by atoms with Crippen molar-refractivity contribution in [1.82, 2.24) is 10.2 Å². The van der Waals surface area contributed by atoms with Gasteiger partial charge in [0, 0.05) is 19.5 Å². The van der Waals surface area contributed by atoms with E-state index in [-0.39, 0.29) is 18.0 Å². The minimum Gasteiger partial charge on any atom is -0.378 e. The van der Waals surface area contributed by atoms with Crippen molar-refractivity contribution in [3.8, 4) is 0 Å². The number of carbonyl (C=O) groups excluding carboxylic acids is 2. The Morgan fingerprint density at radius 1 is 1.40 bits per heavy atom. The SMILES string of the molecule is CCCNC(=O)C1COCCN1C1CCCCCC1=O. The molecule has 2 unspecified atom stereocenters. The maximum atomic E-state index is 12.3. The molecule has 0 aromatic heterocycles. The Balaban J connectivity index is 2.04. The third-order valence-electron chi connectivity index (χ3n) is 4.19. The first kappa shape index (κ1) is 15.4. The van der Waals surface area contributed by atoms with Crippen molar-refractivity contribution < 1.29 is 14.3 Å². The highest BCUT2D eigenvalue weighted by molar-refractivity contribution is 5.86. The molecule has 114 valence electrons. The summed E-state index contributed by atoms with van der Waals surface area (Å²) in [7, 11) is 0. The van der Waals surface area contributed by atoms with Crippen LogP contribution in [0, 0.1) is 0 Å². The zero-order chi connectivity index (χ0) is 14.4. The van der Waals surface area contributed by atoms with E-state index in [1.54, 1.807) is 0 Å². The van der Waals surface area contributed by atoms with Crippen LogP contribution in [0.3, 0.4) is 0 Å². The van der Waals surface area contributed by atoms with Gasteiger partial charge in [-0.2, -0.15) is 0 Å². The van der Waals surface area contributed by atoms with Crippen molar-refractivity contribution in [1.29, 1.82) is 0 Å². The van der Waals surface area contributed by atoms with Gasteiger partial charge in [-0.1, -0.05) is 19.8 Å². The average molecular weight is 282 g/mol. The maximum Gasteiger partial charge on any atom is 0.239 e. The lowest BCUT2D eigenvalue weighted by Crippen LogP contribution is -2.59. The van der Waals surface area contributed by atoms with E-state index >= 15 is 0 Å². The highest BCUT2D eigenvalue weighted by Gasteiger charge is 2.37. The van der Waals surface area contributed by atoms with Crippen molar-refractivity contribution in [2.24, 2.45) is 0 Å². The van der Waals surface area contributed by atoms with Crippen LogP contribution in [0.15, 0.2) is 0 Å². The molecule has 1 saturated carbocycles. The molecule has 0 bridgehead atoms. The molecular weight excluding hydrogens is 256 g/mol. The van der Waals surface area contributed by atoms with Crippen LogP contribution in [-0.2, 0) is 14.3 Å². The third kappa shape index (κ3) is 3.79. The first-order valence-electron chi connectivity index (χ1n) is 7.88. The molecular formula is C15H26N2O3. The molecule has 0 spiro atoms. The molecule has 5 heteroatoms. The molecule has 0 aromatic carbocycles. The number of nitrogens with one attached hydrogen (secondary N) is 1. The fourth-order valence-corrected chi connectivity index (χ4v) is 3.07. The Hall–Kier alpha value is -0.940. The van der Waals surface area contributed by atoms with E-state index in [0.717, 1.165) is 32.1 Å². The van der Waals surface area contributed by atoms with Gasteiger partial charge >= 0.3 is 0 Å². The van der Waals surface area contributed by atoms with Gasteiger partial charge in [0.05, 0.1) is 19.3 Å². The minimum atomic E-state index is -0.303. The number of ketones is 1. The lowest BCUT2D eigenvalue weighted by atomic mass is 10.0. The topological polar surface area (TPSA) is 58.6 Å². The van der Waals surface area contributed by atoms with Crippen molar-refractivity contribution in [3.63, 3.8) is 0 Å². The molecule has 5 nitrogen and oxygen atoms in total. The number of amides is 1. The van der Waals surface area contributed by atoms with Gasteiger partial charge in [0.15, 0.2) is 0 Å². The molecule has 2 atom stereocenters. The lowest BCUT2D eigenvalue weighted by Gasteiger charge is -2.39. The summed E-state index contributed by atoms with van der Waals surface area (Å²) >= 11 is 0. The van der Waals surface area contributed by atoms with Gasteiger partial charge < -0.3 is 10.1 Å². The predicted molar refractivity (Wildman–Crippen MR) is 76.5 cm³/mol. The van der Waals surface area contributed by atoms with Crippen LogP contribution in [0.4, 0.5) is 0 Å². The smallest absolute Gasteiger partial charge is 0.239 e. The summed E-state index contributed by atoms with van der Waals surface area (Å²) in [6, 6.07) is -0.388. The molecule has 0 radical (unpaired) electrons. The van der Waals surface area contributed by atoms with Gasteiger partial charge in [-0.05, 0) is 19.3 Å². The number of carbonyl (C=O) groups is 2. The molecule has 2 rings (SSSR count). The lowest BCUT2D eigenvalue weighted by molar-refractivity contribution is -0.139. The Morgan fingerprint density at radius 2 is 2.25 bits per heavy atom. The van der Waals surface area contributed by atoms with Crippen LogP contribution < -0.4 is 5.32 Å². The molecule has 20 heavy (non-hydrogen) atoms. The van der Waals surface area contributed by atoms with Crippen molar-refractivity contribution >= 4 is 11.7 Å². The molecule has 1 aliphatic carbocycles. The molecule has 1 heterocycles. The standard InChI is InChI=1S/C15H26N2O3/c1-2-8-16-15(19)13-11-20-10-9-17(13)12-6-4-3-5-7-14(12)18/h12-13H,2-11H2,1H3,(H,16,19).